The Bertz CT molecular complexity index is 414. The van der Waals surface area contributed by atoms with Gasteiger partial charge in [0, 0.05) is 12.0 Å². The molecule has 2 N–H and O–H groups in total. The lowest BCUT2D eigenvalue weighted by atomic mass is 9.87. The van der Waals surface area contributed by atoms with Crippen LogP contribution in [-0.4, -0.2) is 29.3 Å². The van der Waals surface area contributed by atoms with Gasteiger partial charge in [-0.2, -0.15) is 0 Å². The first-order chi connectivity index (χ1) is 8.58. The second-order valence-electron chi connectivity index (χ2n) is 5.25. The van der Waals surface area contributed by atoms with Gasteiger partial charge in [-0.3, -0.25) is 4.79 Å². The van der Waals surface area contributed by atoms with E-state index in [-0.39, 0.29) is 17.9 Å². The number of hydrogen-bond donors (Lipinski definition) is 2. The minimum absolute atomic E-state index is 0.130. The zero-order chi connectivity index (χ0) is 13.2. The highest BCUT2D eigenvalue weighted by Crippen LogP contribution is 2.36. The molecule has 1 saturated carbocycles. The Labute approximate surface area is 107 Å². The van der Waals surface area contributed by atoms with Crippen molar-refractivity contribution >= 4 is 5.91 Å². The Morgan fingerprint density at radius 1 is 1.44 bits per heavy atom. The number of carbonyl (C=O) groups is 1. The highest BCUT2D eigenvalue weighted by atomic mass is 16.5. The number of aliphatic hydroxyl groups excluding tert-OH is 1. The molecule has 0 atom stereocenters. The summed E-state index contributed by atoms with van der Waals surface area (Å²) in [5.41, 5.74) is 0.991. The number of carbonyl (C=O) groups excluding carboxylic acids is 1. The van der Waals surface area contributed by atoms with Gasteiger partial charge in [0.2, 0.25) is 0 Å². The SMILES string of the molecule is Cc1noc(C)c1C(=O)NCC1(CO)CCCC1. The summed E-state index contributed by atoms with van der Waals surface area (Å²) in [6.07, 6.45) is 4.21. The van der Waals surface area contributed by atoms with Crippen LogP contribution in [0.2, 0.25) is 0 Å². The third kappa shape index (κ3) is 2.41. The first kappa shape index (κ1) is 13.1. The number of aliphatic hydroxyl groups is 1. The van der Waals surface area contributed by atoms with Crippen LogP contribution in [0, 0.1) is 19.3 Å². The van der Waals surface area contributed by atoms with Crippen molar-refractivity contribution in [3.05, 3.63) is 17.0 Å². The van der Waals surface area contributed by atoms with Crippen molar-refractivity contribution in [2.75, 3.05) is 13.2 Å². The van der Waals surface area contributed by atoms with Crippen LogP contribution in [0.1, 0.15) is 47.5 Å². The normalized spacial score (nSPS) is 17.9. The van der Waals surface area contributed by atoms with Crippen molar-refractivity contribution in [1.29, 1.82) is 0 Å². The summed E-state index contributed by atoms with van der Waals surface area (Å²) >= 11 is 0. The minimum atomic E-state index is -0.161. The first-order valence-electron chi connectivity index (χ1n) is 6.40. The van der Waals surface area contributed by atoms with Gasteiger partial charge in [-0.05, 0) is 26.7 Å². The largest absolute Gasteiger partial charge is 0.396 e. The fourth-order valence-electron chi connectivity index (χ4n) is 2.68. The van der Waals surface area contributed by atoms with E-state index in [2.05, 4.69) is 10.5 Å². The van der Waals surface area contributed by atoms with Crippen molar-refractivity contribution in [2.24, 2.45) is 5.41 Å². The maximum absolute atomic E-state index is 12.1. The van der Waals surface area contributed by atoms with Crippen LogP contribution in [-0.2, 0) is 0 Å². The molecule has 0 aromatic carbocycles. The maximum atomic E-state index is 12.1. The predicted molar refractivity (Wildman–Crippen MR) is 66.3 cm³/mol. The molecule has 0 unspecified atom stereocenters. The van der Waals surface area contributed by atoms with Gasteiger partial charge in [-0.25, -0.2) is 0 Å². The van der Waals surface area contributed by atoms with E-state index in [1.807, 2.05) is 0 Å². The quantitative estimate of drug-likeness (QED) is 0.853. The Morgan fingerprint density at radius 3 is 2.61 bits per heavy atom. The summed E-state index contributed by atoms with van der Waals surface area (Å²) < 4.78 is 4.98. The van der Waals surface area contributed by atoms with Gasteiger partial charge in [0.25, 0.3) is 5.91 Å². The van der Waals surface area contributed by atoms with Crippen molar-refractivity contribution in [2.45, 2.75) is 39.5 Å². The molecule has 2 rings (SSSR count). The van der Waals surface area contributed by atoms with Crippen LogP contribution >= 0.6 is 0 Å². The number of aromatic nitrogens is 1. The highest BCUT2D eigenvalue weighted by Gasteiger charge is 2.33. The summed E-state index contributed by atoms with van der Waals surface area (Å²) in [7, 11) is 0. The van der Waals surface area contributed by atoms with Crippen LogP contribution in [0.4, 0.5) is 0 Å². The molecule has 1 aliphatic carbocycles. The lowest BCUT2D eigenvalue weighted by Gasteiger charge is -2.26. The van der Waals surface area contributed by atoms with E-state index in [4.69, 9.17) is 4.52 Å². The molecule has 5 nitrogen and oxygen atoms in total. The van der Waals surface area contributed by atoms with E-state index < -0.39 is 0 Å². The average molecular weight is 252 g/mol. The lowest BCUT2D eigenvalue weighted by molar-refractivity contribution is 0.0879. The van der Waals surface area contributed by atoms with Crippen molar-refractivity contribution in [1.82, 2.24) is 10.5 Å². The zero-order valence-electron chi connectivity index (χ0n) is 11.0. The average Bonchev–Trinajstić information content (AvgIpc) is 2.95. The molecular formula is C13H20N2O3. The number of aryl methyl sites for hydroxylation is 2. The van der Waals surface area contributed by atoms with Crippen molar-refractivity contribution in [3.8, 4) is 0 Å². The van der Waals surface area contributed by atoms with Crippen LogP contribution < -0.4 is 5.32 Å². The molecule has 0 radical (unpaired) electrons. The number of hydrogen-bond acceptors (Lipinski definition) is 4. The van der Waals surface area contributed by atoms with E-state index in [1.165, 1.54) is 0 Å². The van der Waals surface area contributed by atoms with Crippen LogP contribution in [0.25, 0.3) is 0 Å². The van der Waals surface area contributed by atoms with Crippen molar-refractivity contribution in [3.63, 3.8) is 0 Å². The second-order valence-corrected chi connectivity index (χ2v) is 5.25. The Morgan fingerprint density at radius 2 is 2.11 bits per heavy atom. The molecule has 1 heterocycles. The molecule has 0 spiro atoms. The predicted octanol–water partition coefficient (Wildman–Crippen LogP) is 1.57. The number of rotatable bonds is 4. The molecule has 1 aromatic heterocycles. The van der Waals surface area contributed by atoms with E-state index in [0.717, 1.165) is 25.7 Å². The maximum Gasteiger partial charge on any atom is 0.256 e. The third-order valence-electron chi connectivity index (χ3n) is 3.88. The number of nitrogens with one attached hydrogen (secondary N) is 1. The molecule has 18 heavy (non-hydrogen) atoms. The Kier molecular flexibility index (Phi) is 3.71. The van der Waals surface area contributed by atoms with E-state index in [0.29, 0.717) is 23.6 Å². The Balaban J connectivity index is 2.00. The van der Waals surface area contributed by atoms with Crippen LogP contribution in [0.3, 0.4) is 0 Å². The van der Waals surface area contributed by atoms with Gasteiger partial charge < -0.3 is 14.9 Å². The van der Waals surface area contributed by atoms with Crippen LogP contribution in [0.5, 0.6) is 0 Å². The molecule has 100 valence electrons. The molecule has 1 fully saturated rings. The minimum Gasteiger partial charge on any atom is -0.396 e. The molecule has 1 aromatic rings. The molecule has 0 saturated heterocycles. The number of amides is 1. The standard InChI is InChI=1S/C13H20N2O3/c1-9-11(10(2)18-15-9)12(17)14-7-13(8-16)5-3-4-6-13/h16H,3-8H2,1-2H3,(H,14,17). The number of nitrogens with zero attached hydrogens (tertiary/aromatic N) is 1. The van der Waals surface area contributed by atoms with E-state index in [9.17, 15) is 9.90 Å². The smallest absolute Gasteiger partial charge is 0.256 e. The lowest BCUT2D eigenvalue weighted by Crippen LogP contribution is -2.38. The topological polar surface area (TPSA) is 75.4 Å². The monoisotopic (exact) mass is 252 g/mol. The third-order valence-corrected chi connectivity index (χ3v) is 3.88. The van der Waals surface area contributed by atoms with E-state index in [1.54, 1.807) is 13.8 Å². The zero-order valence-corrected chi connectivity index (χ0v) is 11.0. The molecule has 0 aliphatic heterocycles. The Hall–Kier alpha value is -1.36. The molecule has 1 amide bonds. The van der Waals surface area contributed by atoms with Crippen LogP contribution in [0.15, 0.2) is 4.52 Å². The summed E-state index contributed by atoms with van der Waals surface area (Å²) in [5, 5.41) is 16.2. The van der Waals surface area contributed by atoms with E-state index >= 15 is 0 Å². The second kappa shape index (κ2) is 5.10. The van der Waals surface area contributed by atoms with Gasteiger partial charge in [-0.15, -0.1) is 0 Å². The summed E-state index contributed by atoms with van der Waals surface area (Å²) in [6, 6.07) is 0. The first-order valence-corrected chi connectivity index (χ1v) is 6.40. The fraction of sp³-hybridized carbons (Fsp3) is 0.692. The molecule has 5 heteroatoms. The fourth-order valence-corrected chi connectivity index (χ4v) is 2.68. The van der Waals surface area contributed by atoms with Gasteiger partial charge in [-0.1, -0.05) is 18.0 Å². The molecular weight excluding hydrogens is 232 g/mol. The van der Waals surface area contributed by atoms with Gasteiger partial charge >= 0.3 is 0 Å². The summed E-state index contributed by atoms with van der Waals surface area (Å²) in [4.78, 5) is 12.1. The molecule has 0 bridgehead atoms. The van der Waals surface area contributed by atoms with Gasteiger partial charge in [0.1, 0.15) is 11.3 Å². The van der Waals surface area contributed by atoms with Gasteiger partial charge in [0.15, 0.2) is 0 Å². The summed E-state index contributed by atoms with van der Waals surface area (Å²) in [5.74, 6) is 0.375. The van der Waals surface area contributed by atoms with Gasteiger partial charge in [0.05, 0.1) is 12.3 Å². The molecule has 1 aliphatic rings. The summed E-state index contributed by atoms with van der Waals surface area (Å²) in [6.45, 7) is 4.14. The van der Waals surface area contributed by atoms with Crippen molar-refractivity contribution < 1.29 is 14.4 Å². The highest BCUT2D eigenvalue weighted by molar-refractivity contribution is 5.96.